The quantitative estimate of drug-likeness (QED) is 0.242. The average molecular weight is 510 g/mol. The molecule has 1 amide bonds. The van der Waals surface area contributed by atoms with Crippen LogP contribution in [0.5, 0.6) is 0 Å². The number of ether oxygens (including phenoxy) is 1. The largest absolute Gasteiger partial charge is 0.450 e. The number of amides is 1. The highest BCUT2D eigenvalue weighted by Gasteiger charge is 2.23. The van der Waals surface area contributed by atoms with Crippen molar-refractivity contribution in [1.29, 1.82) is 0 Å². The Bertz CT molecular complexity index is 463. The molecule has 0 aromatic carbocycles. The number of hydrogen-bond donors (Lipinski definition) is 1. The van der Waals surface area contributed by atoms with Crippen LogP contribution >= 0.6 is 24.0 Å². The lowest BCUT2D eigenvalue weighted by Gasteiger charge is -2.36. The van der Waals surface area contributed by atoms with Crippen LogP contribution in [0.3, 0.4) is 0 Å². The van der Waals surface area contributed by atoms with E-state index < -0.39 is 0 Å². The third-order valence-corrected chi connectivity index (χ3v) is 5.41. The van der Waals surface area contributed by atoms with Gasteiger partial charge in [0.05, 0.1) is 6.61 Å². The van der Waals surface area contributed by atoms with Crippen LogP contribution in [-0.2, 0) is 4.74 Å². The van der Waals surface area contributed by atoms with Crippen molar-refractivity contribution < 1.29 is 9.53 Å². The average Bonchev–Trinajstić information content (AvgIpc) is 2.71. The van der Waals surface area contributed by atoms with E-state index in [4.69, 9.17) is 4.74 Å². The van der Waals surface area contributed by atoms with Crippen molar-refractivity contribution in [2.24, 2.45) is 4.99 Å². The number of carbonyl (C=O) groups is 1. The van der Waals surface area contributed by atoms with Gasteiger partial charge in [-0.2, -0.15) is 0 Å². The second-order valence-electron chi connectivity index (χ2n) is 7.13. The van der Waals surface area contributed by atoms with Gasteiger partial charge in [-0.05, 0) is 32.9 Å². The summed E-state index contributed by atoms with van der Waals surface area (Å²) < 4.78 is 5.07. The Morgan fingerprint density at radius 3 is 2.11 bits per heavy atom. The van der Waals surface area contributed by atoms with Crippen LogP contribution in [0.15, 0.2) is 4.99 Å². The molecule has 2 fully saturated rings. The van der Waals surface area contributed by atoms with E-state index in [0.717, 1.165) is 32.0 Å². The zero-order chi connectivity index (χ0) is 19.5. The Morgan fingerprint density at radius 2 is 1.54 bits per heavy atom. The van der Waals surface area contributed by atoms with Crippen molar-refractivity contribution in [3.63, 3.8) is 0 Å². The highest BCUT2D eigenvalue weighted by molar-refractivity contribution is 14.0. The fourth-order valence-electron chi connectivity index (χ4n) is 3.64. The van der Waals surface area contributed by atoms with Crippen LogP contribution in [0, 0.1) is 0 Å². The lowest BCUT2D eigenvalue weighted by Crippen LogP contribution is -2.54. The fourth-order valence-corrected chi connectivity index (χ4v) is 3.64. The Balaban J connectivity index is 0.00000392. The van der Waals surface area contributed by atoms with Gasteiger partial charge >= 0.3 is 6.09 Å². The van der Waals surface area contributed by atoms with Gasteiger partial charge in [0.2, 0.25) is 0 Å². The summed E-state index contributed by atoms with van der Waals surface area (Å²) in [5, 5.41) is 3.48. The number of hydrogen-bond acceptors (Lipinski definition) is 5. The number of likely N-dealkylation sites (N-methyl/N-ethyl adjacent to an activating group) is 1. The van der Waals surface area contributed by atoms with E-state index in [2.05, 4.69) is 31.9 Å². The highest BCUT2D eigenvalue weighted by atomic mass is 127. The molecule has 8 nitrogen and oxygen atoms in total. The summed E-state index contributed by atoms with van der Waals surface area (Å²) in [5.41, 5.74) is 0. The smallest absolute Gasteiger partial charge is 0.409 e. The maximum absolute atomic E-state index is 11.8. The van der Waals surface area contributed by atoms with Crippen molar-refractivity contribution >= 4 is 36.0 Å². The number of nitrogens with one attached hydrogen (secondary N) is 1. The summed E-state index contributed by atoms with van der Waals surface area (Å²) in [5.74, 6) is 0.940. The summed E-state index contributed by atoms with van der Waals surface area (Å²) in [6.07, 6.45) is 2.16. The lowest BCUT2D eigenvalue weighted by atomic mass is 10.2. The fraction of sp³-hybridized carbons (Fsp3) is 0.895. The molecule has 2 heterocycles. The third-order valence-electron chi connectivity index (χ3n) is 5.41. The summed E-state index contributed by atoms with van der Waals surface area (Å²) in [6, 6.07) is 0. The minimum atomic E-state index is -0.208. The van der Waals surface area contributed by atoms with E-state index in [1.807, 2.05) is 14.0 Å². The van der Waals surface area contributed by atoms with Gasteiger partial charge in [0.25, 0.3) is 0 Å². The third kappa shape index (κ3) is 8.28. The molecule has 0 aliphatic carbocycles. The zero-order valence-corrected chi connectivity index (χ0v) is 20.2. The molecule has 0 atom stereocenters. The van der Waals surface area contributed by atoms with Crippen LogP contribution in [0.25, 0.3) is 0 Å². The number of piperazine rings is 2. The maximum atomic E-state index is 11.8. The van der Waals surface area contributed by atoms with Crippen LogP contribution in [0.4, 0.5) is 4.79 Å². The summed E-state index contributed by atoms with van der Waals surface area (Å²) in [6.45, 7) is 15.6. The molecule has 2 rings (SSSR count). The number of aliphatic imine (C=N–C) groups is 1. The van der Waals surface area contributed by atoms with Gasteiger partial charge in [-0.3, -0.25) is 4.99 Å². The minimum Gasteiger partial charge on any atom is -0.450 e. The number of guanidine groups is 1. The topological polar surface area (TPSA) is 63.7 Å². The van der Waals surface area contributed by atoms with Crippen LogP contribution in [0.2, 0.25) is 0 Å². The highest BCUT2D eigenvalue weighted by Crippen LogP contribution is 2.05. The molecular weight excluding hydrogens is 471 g/mol. The Kier molecular flexibility index (Phi) is 12.8. The molecule has 2 aliphatic rings. The van der Waals surface area contributed by atoms with Gasteiger partial charge in [0.15, 0.2) is 5.96 Å². The Morgan fingerprint density at radius 1 is 0.929 bits per heavy atom. The molecule has 0 radical (unpaired) electrons. The second kappa shape index (κ2) is 14.2. The predicted octanol–water partition coefficient (Wildman–Crippen LogP) is 1.37. The minimum absolute atomic E-state index is 0. The van der Waals surface area contributed by atoms with Gasteiger partial charge in [0.1, 0.15) is 0 Å². The monoisotopic (exact) mass is 510 g/mol. The molecule has 0 saturated carbocycles. The molecule has 0 aromatic heterocycles. The molecule has 28 heavy (non-hydrogen) atoms. The first-order valence-electron chi connectivity index (χ1n) is 10.5. The van der Waals surface area contributed by atoms with E-state index in [-0.39, 0.29) is 30.1 Å². The molecule has 0 spiro atoms. The van der Waals surface area contributed by atoms with Crippen molar-refractivity contribution in [3.05, 3.63) is 0 Å². The second-order valence-corrected chi connectivity index (χ2v) is 7.13. The summed E-state index contributed by atoms with van der Waals surface area (Å²) in [4.78, 5) is 25.3. The number of unbranched alkanes of at least 4 members (excludes halogenated alkanes) is 1. The first kappa shape index (κ1) is 25.2. The van der Waals surface area contributed by atoms with Gasteiger partial charge in [-0.15, -0.1) is 24.0 Å². The molecule has 0 unspecified atom stereocenters. The van der Waals surface area contributed by atoms with Crippen LogP contribution < -0.4 is 5.32 Å². The zero-order valence-electron chi connectivity index (χ0n) is 17.9. The van der Waals surface area contributed by atoms with Crippen molar-refractivity contribution in [2.75, 3.05) is 85.6 Å². The maximum Gasteiger partial charge on any atom is 0.409 e. The Hall–Kier alpha value is -0.810. The number of halogens is 1. The van der Waals surface area contributed by atoms with E-state index in [9.17, 15) is 4.79 Å². The first-order valence-corrected chi connectivity index (χ1v) is 10.5. The van der Waals surface area contributed by atoms with E-state index in [1.165, 1.54) is 45.7 Å². The summed E-state index contributed by atoms with van der Waals surface area (Å²) >= 11 is 0. The summed E-state index contributed by atoms with van der Waals surface area (Å²) in [7, 11) is 1.83. The molecule has 0 bridgehead atoms. The van der Waals surface area contributed by atoms with Crippen molar-refractivity contribution in [2.45, 2.75) is 26.7 Å². The molecule has 164 valence electrons. The van der Waals surface area contributed by atoms with Gasteiger partial charge in [-0.25, -0.2) is 4.79 Å². The van der Waals surface area contributed by atoms with Crippen LogP contribution in [-0.4, -0.2) is 117 Å². The van der Waals surface area contributed by atoms with E-state index in [0.29, 0.717) is 19.7 Å². The molecule has 2 aliphatic heterocycles. The van der Waals surface area contributed by atoms with Gasteiger partial charge in [-0.1, -0.05) is 6.92 Å². The van der Waals surface area contributed by atoms with Crippen LogP contribution in [0.1, 0.15) is 26.7 Å². The first-order chi connectivity index (χ1) is 13.2. The Labute approximate surface area is 187 Å². The van der Waals surface area contributed by atoms with Crippen molar-refractivity contribution in [1.82, 2.24) is 24.9 Å². The molecule has 2 saturated heterocycles. The SMILES string of the molecule is CCOC(=O)N1CCN(C(=NC)NCCCCN2CCN(CC)CC2)CC1.I. The molecule has 9 heteroatoms. The number of carbonyl (C=O) groups excluding carboxylic acids is 1. The lowest BCUT2D eigenvalue weighted by molar-refractivity contribution is 0.0914. The standard InChI is InChI=1S/C19H38N6O2.HI/c1-4-22-10-12-23(13-11-22)9-7-6-8-21-18(20-3)24-14-16-25(17-15-24)19(26)27-5-2;/h4-17H2,1-3H3,(H,20,21);1H. The molecular formula is C19H39IN6O2. The molecule has 0 aromatic rings. The van der Waals surface area contributed by atoms with Gasteiger partial charge in [0, 0.05) is 66.0 Å². The van der Waals surface area contributed by atoms with Crippen molar-refractivity contribution in [3.8, 4) is 0 Å². The van der Waals surface area contributed by atoms with E-state index in [1.54, 1.807) is 4.90 Å². The molecule has 1 N–H and O–H groups in total. The van der Waals surface area contributed by atoms with Gasteiger partial charge < -0.3 is 29.7 Å². The van der Waals surface area contributed by atoms with E-state index >= 15 is 0 Å². The number of rotatable bonds is 7. The number of nitrogens with zero attached hydrogens (tertiary/aromatic N) is 5. The predicted molar refractivity (Wildman–Crippen MR) is 125 cm³/mol. The normalized spacial score (nSPS) is 19.3.